The molecule has 0 bridgehead atoms. The molecular weight excluding hydrogens is 404 g/mol. The second kappa shape index (κ2) is 20.1. The van der Waals surface area contributed by atoms with Crippen molar-refractivity contribution in [2.45, 2.75) is 149 Å². The average molecular weight is 459 g/mol. The van der Waals surface area contributed by atoms with Crippen LogP contribution in [0.2, 0.25) is 0 Å². The minimum atomic E-state index is -0.363. The van der Waals surface area contributed by atoms with Gasteiger partial charge in [0.05, 0.1) is 5.41 Å². The number of carbonyl (C=O) groups is 1. The van der Waals surface area contributed by atoms with Crippen LogP contribution in [0.25, 0.3) is 0 Å². The molecule has 1 aromatic rings. The normalized spacial score (nSPS) is 13.1. The number of carbonyl (C=O) groups excluding carboxylic acids is 1. The molecule has 33 heavy (non-hydrogen) atoms. The van der Waals surface area contributed by atoms with Crippen LogP contribution in [-0.2, 0) is 4.79 Å². The van der Waals surface area contributed by atoms with E-state index in [4.69, 9.17) is 4.74 Å². The molecule has 2 nitrogen and oxygen atoms in total. The predicted molar refractivity (Wildman–Crippen MR) is 144 cm³/mol. The topological polar surface area (TPSA) is 26.3 Å². The first-order chi connectivity index (χ1) is 16.1. The van der Waals surface area contributed by atoms with Crippen LogP contribution in [0.4, 0.5) is 0 Å². The second-order valence-corrected chi connectivity index (χ2v) is 10.4. The summed E-state index contributed by atoms with van der Waals surface area (Å²) in [6, 6.07) is 9.59. The van der Waals surface area contributed by atoms with Gasteiger partial charge in [-0.1, -0.05) is 148 Å². The van der Waals surface area contributed by atoms with E-state index >= 15 is 0 Å². The molecule has 0 aliphatic carbocycles. The summed E-state index contributed by atoms with van der Waals surface area (Å²) in [7, 11) is 0. The lowest BCUT2D eigenvalue weighted by Crippen LogP contribution is -2.32. The number of unbranched alkanes of at least 4 members (excludes halogenated alkanes) is 16. The minimum Gasteiger partial charge on any atom is -0.426 e. The third kappa shape index (κ3) is 15.3. The van der Waals surface area contributed by atoms with Crippen LogP contribution < -0.4 is 4.74 Å². The van der Waals surface area contributed by atoms with Crippen LogP contribution in [0.1, 0.15) is 149 Å². The van der Waals surface area contributed by atoms with Crippen LogP contribution in [0.3, 0.4) is 0 Å². The molecule has 0 saturated heterocycles. The van der Waals surface area contributed by atoms with E-state index in [0.717, 1.165) is 25.7 Å². The highest BCUT2D eigenvalue weighted by molar-refractivity contribution is 5.78. The molecule has 1 rings (SSSR count). The molecule has 1 aromatic carbocycles. The minimum absolute atomic E-state index is 0.0347. The highest BCUT2D eigenvalue weighted by atomic mass is 16.5. The molecule has 190 valence electrons. The van der Waals surface area contributed by atoms with Crippen molar-refractivity contribution < 1.29 is 9.53 Å². The van der Waals surface area contributed by atoms with Gasteiger partial charge in [-0.2, -0.15) is 0 Å². The van der Waals surface area contributed by atoms with Gasteiger partial charge < -0.3 is 4.74 Å². The first-order valence-corrected chi connectivity index (χ1v) is 14.4. The number of esters is 1. The van der Waals surface area contributed by atoms with E-state index < -0.39 is 0 Å². The molecule has 0 radical (unpaired) electrons. The number of para-hydroxylation sites is 1. The summed E-state index contributed by atoms with van der Waals surface area (Å²) in [5.41, 5.74) is -0.363. The molecule has 0 aliphatic rings. The van der Waals surface area contributed by atoms with E-state index in [0.29, 0.717) is 5.75 Å². The van der Waals surface area contributed by atoms with Gasteiger partial charge in [-0.15, -0.1) is 0 Å². The number of rotatable bonds is 22. The first-order valence-electron chi connectivity index (χ1n) is 14.4. The Morgan fingerprint density at radius 1 is 0.606 bits per heavy atom. The monoisotopic (exact) mass is 458 g/mol. The number of hydrogen-bond donors (Lipinski definition) is 0. The van der Waals surface area contributed by atoms with Crippen molar-refractivity contribution in [1.82, 2.24) is 0 Å². The van der Waals surface area contributed by atoms with Gasteiger partial charge in [0.15, 0.2) is 0 Å². The molecule has 0 fully saturated rings. The largest absolute Gasteiger partial charge is 0.426 e. The first kappa shape index (κ1) is 29.7. The summed E-state index contributed by atoms with van der Waals surface area (Å²) in [4.78, 5) is 13.1. The Balaban J connectivity index is 2.36. The van der Waals surface area contributed by atoms with Crippen molar-refractivity contribution in [3.8, 4) is 5.75 Å². The molecule has 0 spiro atoms. The van der Waals surface area contributed by atoms with E-state index in [1.165, 1.54) is 103 Å². The molecule has 1 atom stereocenters. The molecule has 0 heterocycles. The van der Waals surface area contributed by atoms with Gasteiger partial charge in [0, 0.05) is 0 Å². The Bertz CT molecular complexity index is 568. The van der Waals surface area contributed by atoms with Gasteiger partial charge in [0.25, 0.3) is 0 Å². The van der Waals surface area contributed by atoms with Crippen molar-refractivity contribution in [2.24, 2.45) is 5.41 Å². The third-order valence-corrected chi connectivity index (χ3v) is 7.11. The highest BCUT2D eigenvalue weighted by Crippen LogP contribution is 2.33. The van der Waals surface area contributed by atoms with Gasteiger partial charge in [-0.05, 0) is 31.9 Å². The summed E-state index contributed by atoms with van der Waals surface area (Å²) >= 11 is 0. The average Bonchev–Trinajstić information content (AvgIpc) is 2.82. The molecule has 0 aliphatic heterocycles. The molecule has 0 amide bonds. The fraction of sp³-hybridized carbons (Fsp3) is 0.774. The summed E-state index contributed by atoms with van der Waals surface area (Å²) < 4.78 is 5.81. The van der Waals surface area contributed by atoms with E-state index in [9.17, 15) is 4.79 Å². The second-order valence-electron chi connectivity index (χ2n) is 10.4. The van der Waals surface area contributed by atoms with Crippen molar-refractivity contribution >= 4 is 5.97 Å². The van der Waals surface area contributed by atoms with Crippen molar-refractivity contribution in [3.05, 3.63) is 30.3 Å². The van der Waals surface area contributed by atoms with E-state index in [1.54, 1.807) is 0 Å². The van der Waals surface area contributed by atoms with Gasteiger partial charge in [-0.25, -0.2) is 0 Å². The maximum absolute atomic E-state index is 13.1. The quantitative estimate of drug-likeness (QED) is 0.0981. The standard InChI is InChI=1S/C31H54O2/c1-4-6-8-10-12-14-15-17-19-24-28-31(3,27-23-18-16-13-11-9-7-5-2)30(32)33-29-25-21-20-22-26-29/h20-22,25-26H,4-19,23-24,27-28H2,1-3H3. The zero-order chi connectivity index (χ0) is 24.0. The molecular formula is C31H54O2. The lowest BCUT2D eigenvalue weighted by atomic mass is 9.79. The maximum Gasteiger partial charge on any atom is 0.317 e. The van der Waals surface area contributed by atoms with Gasteiger partial charge in [0.1, 0.15) is 5.75 Å². The number of ether oxygens (including phenoxy) is 1. The van der Waals surface area contributed by atoms with E-state index in [1.807, 2.05) is 30.3 Å². The van der Waals surface area contributed by atoms with Crippen LogP contribution in [0.5, 0.6) is 5.75 Å². The number of hydrogen-bond acceptors (Lipinski definition) is 2. The highest BCUT2D eigenvalue weighted by Gasteiger charge is 2.34. The van der Waals surface area contributed by atoms with E-state index in [2.05, 4.69) is 20.8 Å². The Morgan fingerprint density at radius 3 is 1.36 bits per heavy atom. The fourth-order valence-electron chi connectivity index (χ4n) is 4.70. The van der Waals surface area contributed by atoms with Crippen molar-refractivity contribution in [2.75, 3.05) is 0 Å². The third-order valence-electron chi connectivity index (χ3n) is 7.11. The summed E-state index contributed by atoms with van der Waals surface area (Å²) in [5.74, 6) is 0.639. The summed E-state index contributed by atoms with van der Waals surface area (Å²) in [6.45, 7) is 6.69. The summed E-state index contributed by atoms with van der Waals surface area (Å²) in [5, 5.41) is 0. The zero-order valence-corrected chi connectivity index (χ0v) is 22.3. The SMILES string of the molecule is CCCCCCCCCCCCC(C)(CCCCCCCCCC)C(=O)Oc1ccccc1. The summed E-state index contributed by atoms with van der Waals surface area (Å²) in [6.07, 6.45) is 25.6. The van der Waals surface area contributed by atoms with Crippen LogP contribution in [0.15, 0.2) is 30.3 Å². The molecule has 2 heteroatoms. The van der Waals surface area contributed by atoms with E-state index in [-0.39, 0.29) is 11.4 Å². The van der Waals surface area contributed by atoms with Crippen LogP contribution in [-0.4, -0.2) is 5.97 Å². The predicted octanol–water partition coefficient (Wildman–Crippen LogP) is 10.4. The Morgan fingerprint density at radius 2 is 0.970 bits per heavy atom. The Labute approximate surface area is 206 Å². The van der Waals surface area contributed by atoms with Crippen molar-refractivity contribution in [1.29, 1.82) is 0 Å². The lowest BCUT2D eigenvalue weighted by Gasteiger charge is -2.27. The lowest BCUT2D eigenvalue weighted by molar-refractivity contribution is -0.146. The smallest absolute Gasteiger partial charge is 0.317 e. The van der Waals surface area contributed by atoms with Gasteiger partial charge in [0.2, 0.25) is 0 Å². The Kier molecular flexibility index (Phi) is 18.1. The zero-order valence-electron chi connectivity index (χ0n) is 22.3. The molecule has 0 N–H and O–H groups in total. The number of benzene rings is 1. The Hall–Kier alpha value is -1.31. The van der Waals surface area contributed by atoms with Crippen molar-refractivity contribution in [3.63, 3.8) is 0 Å². The van der Waals surface area contributed by atoms with Crippen LogP contribution in [0, 0.1) is 5.41 Å². The van der Waals surface area contributed by atoms with Gasteiger partial charge >= 0.3 is 5.97 Å². The maximum atomic E-state index is 13.1. The van der Waals surface area contributed by atoms with Crippen LogP contribution >= 0.6 is 0 Å². The molecule has 1 unspecified atom stereocenters. The fourth-order valence-corrected chi connectivity index (χ4v) is 4.70. The van der Waals surface area contributed by atoms with Gasteiger partial charge in [-0.3, -0.25) is 4.79 Å². The molecule has 0 aromatic heterocycles. The molecule has 0 saturated carbocycles.